The number of likely N-dealkylation sites (tertiary alicyclic amines) is 1. The lowest BCUT2D eigenvalue weighted by atomic mass is 9.89. The molecule has 0 saturated carbocycles. The van der Waals surface area contributed by atoms with Crippen LogP contribution in [0, 0.1) is 13.8 Å². The molecule has 3 heterocycles. The Kier molecular flexibility index (Phi) is 5.37. The zero-order valence-electron chi connectivity index (χ0n) is 16.7. The van der Waals surface area contributed by atoms with Gasteiger partial charge in [0.05, 0.1) is 5.69 Å². The summed E-state index contributed by atoms with van der Waals surface area (Å²) >= 11 is 0. The van der Waals surface area contributed by atoms with E-state index in [-0.39, 0.29) is 6.03 Å². The highest BCUT2D eigenvalue weighted by Crippen LogP contribution is 2.33. The maximum atomic E-state index is 12.5. The molecule has 148 valence electrons. The molecule has 6 nitrogen and oxygen atoms in total. The van der Waals surface area contributed by atoms with E-state index in [1.165, 1.54) is 22.2 Å². The third kappa shape index (κ3) is 3.91. The lowest BCUT2D eigenvalue weighted by molar-refractivity contribution is 0.181. The van der Waals surface area contributed by atoms with Gasteiger partial charge in [0.1, 0.15) is 0 Å². The monoisotopic (exact) mass is 379 g/mol. The Bertz CT molecular complexity index is 949. The van der Waals surface area contributed by atoms with Crippen LogP contribution >= 0.6 is 0 Å². The summed E-state index contributed by atoms with van der Waals surface area (Å²) in [7, 11) is 0. The molecule has 0 atom stereocenters. The summed E-state index contributed by atoms with van der Waals surface area (Å²) < 4.78 is 2.01. The van der Waals surface area contributed by atoms with Crippen molar-refractivity contribution >= 4 is 16.9 Å². The van der Waals surface area contributed by atoms with E-state index >= 15 is 0 Å². The third-order valence-electron chi connectivity index (χ3n) is 5.77. The molecule has 1 saturated heterocycles. The fourth-order valence-corrected chi connectivity index (χ4v) is 4.26. The molecule has 0 bridgehead atoms. The van der Waals surface area contributed by atoms with Crippen LogP contribution in [0.2, 0.25) is 0 Å². The van der Waals surface area contributed by atoms with Crippen molar-refractivity contribution in [2.75, 3.05) is 19.6 Å². The summed E-state index contributed by atoms with van der Waals surface area (Å²) in [6.07, 6.45) is 5.06. The number of carbonyl (C=O) groups excluding carboxylic acids is 1. The molecule has 3 aromatic rings. The van der Waals surface area contributed by atoms with Crippen LogP contribution in [0.1, 0.15) is 42.1 Å². The van der Waals surface area contributed by atoms with Crippen molar-refractivity contribution in [1.29, 1.82) is 0 Å². The van der Waals surface area contributed by atoms with Gasteiger partial charge >= 0.3 is 6.03 Å². The largest absolute Gasteiger partial charge is 0.361 e. The van der Waals surface area contributed by atoms with E-state index in [4.69, 9.17) is 0 Å². The van der Waals surface area contributed by atoms with Gasteiger partial charge in [-0.15, -0.1) is 0 Å². The number of carbonyl (C=O) groups is 1. The first-order valence-electron chi connectivity index (χ1n) is 10.2. The number of hydrogen-bond donors (Lipinski definition) is 2. The quantitative estimate of drug-likeness (QED) is 0.659. The number of hydrogen-bond acceptors (Lipinski definition) is 2. The molecule has 0 radical (unpaired) electrons. The maximum absolute atomic E-state index is 12.5. The van der Waals surface area contributed by atoms with Crippen LogP contribution in [0.5, 0.6) is 0 Å². The summed E-state index contributed by atoms with van der Waals surface area (Å²) in [6.45, 7) is 7.21. The number of urea groups is 1. The van der Waals surface area contributed by atoms with Crippen molar-refractivity contribution < 1.29 is 4.79 Å². The summed E-state index contributed by atoms with van der Waals surface area (Å²) in [5.41, 5.74) is 4.80. The maximum Gasteiger partial charge on any atom is 0.317 e. The predicted octanol–water partition coefficient (Wildman–Crippen LogP) is 3.96. The van der Waals surface area contributed by atoms with Gasteiger partial charge in [0.15, 0.2) is 0 Å². The van der Waals surface area contributed by atoms with Gasteiger partial charge in [-0.2, -0.15) is 5.10 Å². The Hall–Kier alpha value is -2.76. The van der Waals surface area contributed by atoms with Crippen LogP contribution in [0.3, 0.4) is 0 Å². The molecule has 2 aromatic heterocycles. The summed E-state index contributed by atoms with van der Waals surface area (Å²) in [5, 5.41) is 8.84. The van der Waals surface area contributed by atoms with Gasteiger partial charge in [-0.3, -0.25) is 4.68 Å². The Labute approximate surface area is 165 Å². The molecular formula is C22H29N5O. The number of aromatic nitrogens is 3. The molecule has 0 unspecified atom stereocenters. The summed E-state index contributed by atoms with van der Waals surface area (Å²) in [4.78, 5) is 17.8. The van der Waals surface area contributed by atoms with E-state index in [0.29, 0.717) is 12.5 Å². The topological polar surface area (TPSA) is 66.0 Å². The van der Waals surface area contributed by atoms with Crippen LogP contribution in [0.15, 0.2) is 36.5 Å². The van der Waals surface area contributed by atoms with Gasteiger partial charge < -0.3 is 15.2 Å². The fraction of sp³-hybridized carbons (Fsp3) is 0.455. The lowest BCUT2D eigenvalue weighted by Crippen LogP contribution is -2.44. The number of H-pyrrole nitrogens is 1. The molecule has 1 aliphatic rings. The number of para-hydroxylation sites is 1. The minimum absolute atomic E-state index is 0.0609. The molecule has 1 aliphatic heterocycles. The number of rotatable bonds is 5. The van der Waals surface area contributed by atoms with E-state index in [1.807, 2.05) is 16.5 Å². The molecule has 2 amide bonds. The van der Waals surface area contributed by atoms with E-state index in [0.717, 1.165) is 44.6 Å². The first-order chi connectivity index (χ1) is 13.6. The Morgan fingerprint density at radius 3 is 2.79 bits per heavy atom. The minimum Gasteiger partial charge on any atom is -0.361 e. The van der Waals surface area contributed by atoms with Crippen molar-refractivity contribution in [3.63, 3.8) is 0 Å². The van der Waals surface area contributed by atoms with Crippen LogP contribution in [0.4, 0.5) is 4.79 Å². The molecule has 0 spiro atoms. The highest BCUT2D eigenvalue weighted by molar-refractivity contribution is 5.83. The number of aryl methyl sites for hydroxylation is 3. The Morgan fingerprint density at radius 1 is 1.25 bits per heavy atom. The van der Waals surface area contributed by atoms with Gasteiger partial charge in [-0.05, 0) is 56.7 Å². The normalized spacial score (nSPS) is 15.3. The van der Waals surface area contributed by atoms with Crippen LogP contribution in [-0.2, 0) is 6.54 Å². The average molecular weight is 380 g/mol. The Morgan fingerprint density at radius 2 is 2.04 bits per heavy atom. The number of amides is 2. The number of aromatic amines is 1. The lowest BCUT2D eigenvalue weighted by Gasteiger charge is -2.32. The number of benzene rings is 1. The van der Waals surface area contributed by atoms with Gasteiger partial charge in [-0.1, -0.05) is 18.2 Å². The molecule has 6 heteroatoms. The number of fused-ring (bicyclic) bond motifs is 1. The molecule has 1 fully saturated rings. The predicted molar refractivity (Wildman–Crippen MR) is 112 cm³/mol. The van der Waals surface area contributed by atoms with E-state index in [9.17, 15) is 4.79 Å². The second kappa shape index (κ2) is 8.09. The number of nitrogens with one attached hydrogen (secondary N) is 2. The molecule has 28 heavy (non-hydrogen) atoms. The van der Waals surface area contributed by atoms with Crippen molar-refractivity contribution in [2.45, 2.75) is 45.6 Å². The minimum atomic E-state index is 0.0609. The van der Waals surface area contributed by atoms with Crippen LogP contribution in [-0.4, -0.2) is 45.3 Å². The van der Waals surface area contributed by atoms with Crippen LogP contribution in [0.25, 0.3) is 10.9 Å². The molecule has 1 aromatic carbocycles. The average Bonchev–Trinajstić information content (AvgIpc) is 3.28. The molecular weight excluding hydrogens is 350 g/mol. The SMILES string of the molecule is Cc1cc(C)n(CCCNC(=O)N2CCC(c3c[nH]c4ccccc34)CC2)n1. The zero-order valence-corrected chi connectivity index (χ0v) is 16.7. The van der Waals surface area contributed by atoms with Gasteiger partial charge in [-0.25, -0.2) is 4.79 Å². The fourth-order valence-electron chi connectivity index (χ4n) is 4.26. The highest BCUT2D eigenvalue weighted by Gasteiger charge is 2.25. The standard InChI is InChI=1S/C22H29N5O/c1-16-14-17(2)27(25-16)11-5-10-23-22(28)26-12-8-18(9-13-26)20-15-24-21-7-4-3-6-19(20)21/h3-4,6-7,14-15,18,24H,5,8-13H2,1-2H3,(H,23,28). The van der Waals surface area contributed by atoms with Gasteiger partial charge in [0, 0.05) is 49.0 Å². The smallest absolute Gasteiger partial charge is 0.317 e. The zero-order chi connectivity index (χ0) is 19.5. The van der Waals surface area contributed by atoms with Gasteiger partial charge in [0.2, 0.25) is 0 Å². The van der Waals surface area contributed by atoms with Gasteiger partial charge in [0.25, 0.3) is 0 Å². The molecule has 4 rings (SSSR count). The molecule has 2 N–H and O–H groups in total. The van der Waals surface area contributed by atoms with Crippen molar-refractivity contribution in [3.05, 3.63) is 53.5 Å². The van der Waals surface area contributed by atoms with E-state index in [1.54, 1.807) is 0 Å². The number of nitrogens with zero attached hydrogens (tertiary/aromatic N) is 3. The Balaban J connectivity index is 1.23. The van der Waals surface area contributed by atoms with E-state index in [2.05, 4.69) is 58.9 Å². The van der Waals surface area contributed by atoms with Crippen molar-refractivity contribution in [2.24, 2.45) is 0 Å². The second-order valence-electron chi connectivity index (χ2n) is 7.79. The second-order valence-corrected chi connectivity index (χ2v) is 7.79. The summed E-state index contributed by atoms with van der Waals surface area (Å²) in [6, 6.07) is 10.6. The number of piperidine rings is 1. The first kappa shape index (κ1) is 18.6. The third-order valence-corrected chi connectivity index (χ3v) is 5.77. The molecule has 0 aliphatic carbocycles. The van der Waals surface area contributed by atoms with Crippen molar-refractivity contribution in [1.82, 2.24) is 25.0 Å². The van der Waals surface area contributed by atoms with Crippen LogP contribution < -0.4 is 5.32 Å². The van der Waals surface area contributed by atoms with E-state index < -0.39 is 0 Å². The van der Waals surface area contributed by atoms with Crippen molar-refractivity contribution in [3.8, 4) is 0 Å². The first-order valence-corrected chi connectivity index (χ1v) is 10.2. The highest BCUT2D eigenvalue weighted by atomic mass is 16.2. The summed E-state index contributed by atoms with van der Waals surface area (Å²) in [5.74, 6) is 0.520.